The number of H-pyrrole nitrogens is 1. The predicted octanol–water partition coefficient (Wildman–Crippen LogP) is 3.59. The van der Waals surface area contributed by atoms with Crippen LogP contribution in [0.1, 0.15) is 5.56 Å². The Labute approximate surface area is 154 Å². The van der Waals surface area contributed by atoms with Gasteiger partial charge in [-0.05, 0) is 42.8 Å². The SMILES string of the molecule is Cc1ccc2nc(S(=O)(=O)CC(=O)Nc3ccc(Cl)c(Cl)c3)[nH]c2c1. The van der Waals surface area contributed by atoms with E-state index >= 15 is 0 Å². The maximum Gasteiger partial charge on any atom is 0.240 e. The molecule has 0 saturated carbocycles. The van der Waals surface area contributed by atoms with E-state index in [0.717, 1.165) is 5.56 Å². The minimum Gasteiger partial charge on any atom is -0.329 e. The standard InChI is InChI=1S/C16H13Cl2N3O3S/c1-9-2-5-13-14(6-9)21-16(20-13)25(23,24)8-15(22)19-10-3-4-11(17)12(18)7-10/h2-7H,8H2,1H3,(H,19,22)(H,20,21). The van der Waals surface area contributed by atoms with Crippen LogP contribution in [-0.2, 0) is 14.6 Å². The lowest BCUT2D eigenvalue weighted by Crippen LogP contribution is -2.23. The molecular weight excluding hydrogens is 385 g/mol. The highest BCUT2D eigenvalue weighted by atomic mass is 35.5. The highest BCUT2D eigenvalue weighted by Gasteiger charge is 2.23. The Bertz CT molecular complexity index is 1080. The molecule has 2 N–H and O–H groups in total. The maximum absolute atomic E-state index is 12.4. The number of nitrogens with one attached hydrogen (secondary N) is 2. The van der Waals surface area contributed by atoms with Crippen molar-refractivity contribution < 1.29 is 13.2 Å². The van der Waals surface area contributed by atoms with Crippen LogP contribution in [0.4, 0.5) is 5.69 Å². The Morgan fingerprint density at radius 3 is 2.64 bits per heavy atom. The Morgan fingerprint density at radius 2 is 1.92 bits per heavy atom. The van der Waals surface area contributed by atoms with Crippen molar-refractivity contribution >= 4 is 55.7 Å². The number of imidazole rings is 1. The molecule has 2 aromatic carbocycles. The Kier molecular flexibility index (Phi) is 4.73. The van der Waals surface area contributed by atoms with Gasteiger partial charge < -0.3 is 10.3 Å². The molecule has 1 heterocycles. The van der Waals surface area contributed by atoms with Crippen molar-refractivity contribution in [3.63, 3.8) is 0 Å². The fraction of sp³-hybridized carbons (Fsp3) is 0.125. The van der Waals surface area contributed by atoms with Gasteiger partial charge in [0.15, 0.2) is 0 Å². The summed E-state index contributed by atoms with van der Waals surface area (Å²) in [5.74, 6) is -1.44. The minimum atomic E-state index is -3.91. The third-order valence-electron chi connectivity index (χ3n) is 3.43. The summed E-state index contributed by atoms with van der Waals surface area (Å²) >= 11 is 11.7. The van der Waals surface area contributed by atoms with Gasteiger partial charge in [0.05, 0.1) is 21.1 Å². The Morgan fingerprint density at radius 1 is 1.16 bits per heavy atom. The van der Waals surface area contributed by atoms with Crippen LogP contribution in [0.2, 0.25) is 10.0 Å². The molecule has 0 saturated heterocycles. The second-order valence-corrected chi connectivity index (χ2v) is 8.22. The lowest BCUT2D eigenvalue weighted by Gasteiger charge is -2.06. The van der Waals surface area contributed by atoms with E-state index in [9.17, 15) is 13.2 Å². The van der Waals surface area contributed by atoms with Gasteiger partial charge in [0.1, 0.15) is 5.75 Å². The number of fused-ring (bicyclic) bond motifs is 1. The van der Waals surface area contributed by atoms with Gasteiger partial charge >= 0.3 is 0 Å². The largest absolute Gasteiger partial charge is 0.329 e. The van der Waals surface area contributed by atoms with E-state index in [0.29, 0.717) is 21.7 Å². The van der Waals surface area contributed by atoms with Crippen LogP contribution in [0.25, 0.3) is 11.0 Å². The van der Waals surface area contributed by atoms with Crippen molar-refractivity contribution in [3.8, 4) is 0 Å². The van der Waals surface area contributed by atoms with Gasteiger partial charge in [-0.3, -0.25) is 4.79 Å². The number of nitrogens with zero attached hydrogens (tertiary/aromatic N) is 1. The molecule has 0 radical (unpaired) electrons. The molecule has 3 rings (SSSR count). The first-order valence-corrected chi connectivity index (χ1v) is 9.59. The third-order valence-corrected chi connectivity index (χ3v) is 5.60. The highest BCUT2D eigenvalue weighted by Crippen LogP contribution is 2.25. The number of aryl methyl sites for hydroxylation is 1. The summed E-state index contributed by atoms with van der Waals surface area (Å²) in [6, 6.07) is 9.82. The molecular formula is C16H13Cl2N3O3S. The molecule has 1 amide bonds. The first-order valence-electron chi connectivity index (χ1n) is 7.19. The summed E-state index contributed by atoms with van der Waals surface area (Å²) in [6.45, 7) is 1.89. The summed E-state index contributed by atoms with van der Waals surface area (Å²) < 4.78 is 24.8. The van der Waals surface area contributed by atoms with Crippen LogP contribution < -0.4 is 5.32 Å². The van der Waals surface area contributed by atoms with Crippen LogP contribution in [0.5, 0.6) is 0 Å². The number of carbonyl (C=O) groups excluding carboxylic acids is 1. The van der Waals surface area contributed by atoms with Crippen LogP contribution in [0.15, 0.2) is 41.6 Å². The minimum absolute atomic E-state index is 0.239. The normalized spacial score (nSPS) is 11.6. The summed E-state index contributed by atoms with van der Waals surface area (Å²) in [4.78, 5) is 18.9. The molecule has 3 aromatic rings. The quantitative estimate of drug-likeness (QED) is 0.703. The zero-order valence-corrected chi connectivity index (χ0v) is 15.3. The number of sulfone groups is 1. The van der Waals surface area contributed by atoms with Crippen molar-refractivity contribution in [1.29, 1.82) is 0 Å². The maximum atomic E-state index is 12.4. The molecule has 130 valence electrons. The molecule has 6 nitrogen and oxygen atoms in total. The number of hydrogen-bond donors (Lipinski definition) is 2. The Hall–Kier alpha value is -2.09. The number of anilines is 1. The third kappa shape index (κ3) is 3.95. The number of benzene rings is 2. The van der Waals surface area contributed by atoms with Gasteiger partial charge in [0, 0.05) is 5.69 Å². The topological polar surface area (TPSA) is 91.9 Å². The van der Waals surface area contributed by atoms with E-state index in [4.69, 9.17) is 23.2 Å². The number of amides is 1. The van der Waals surface area contributed by atoms with Crippen LogP contribution in [-0.4, -0.2) is 30.0 Å². The average molecular weight is 398 g/mol. The summed E-state index contributed by atoms with van der Waals surface area (Å²) in [6.07, 6.45) is 0. The van der Waals surface area contributed by atoms with E-state index in [-0.39, 0.29) is 10.2 Å². The van der Waals surface area contributed by atoms with E-state index in [1.807, 2.05) is 13.0 Å². The highest BCUT2D eigenvalue weighted by molar-refractivity contribution is 7.92. The molecule has 1 aromatic heterocycles. The molecule has 0 fully saturated rings. The van der Waals surface area contributed by atoms with E-state index in [1.165, 1.54) is 18.2 Å². The molecule has 0 aliphatic rings. The number of aromatic nitrogens is 2. The van der Waals surface area contributed by atoms with Crippen molar-refractivity contribution in [2.24, 2.45) is 0 Å². The first-order chi connectivity index (χ1) is 11.7. The monoisotopic (exact) mass is 397 g/mol. The molecule has 0 spiro atoms. The second kappa shape index (κ2) is 6.67. The lowest BCUT2D eigenvalue weighted by molar-refractivity contribution is -0.113. The van der Waals surface area contributed by atoms with Gasteiger partial charge in [-0.1, -0.05) is 29.3 Å². The number of hydrogen-bond acceptors (Lipinski definition) is 4. The molecule has 0 aliphatic heterocycles. The lowest BCUT2D eigenvalue weighted by atomic mass is 10.2. The molecule has 0 aliphatic carbocycles. The summed E-state index contributed by atoms with van der Waals surface area (Å²) in [5, 5.41) is 2.83. The molecule has 0 bridgehead atoms. The number of rotatable bonds is 4. The average Bonchev–Trinajstić information content (AvgIpc) is 2.94. The Balaban J connectivity index is 1.79. The fourth-order valence-electron chi connectivity index (χ4n) is 2.26. The number of carbonyl (C=O) groups is 1. The summed E-state index contributed by atoms with van der Waals surface area (Å²) in [5.41, 5.74) is 2.45. The number of aromatic amines is 1. The predicted molar refractivity (Wildman–Crippen MR) is 98.0 cm³/mol. The van der Waals surface area contributed by atoms with Crippen molar-refractivity contribution in [2.75, 3.05) is 11.1 Å². The van der Waals surface area contributed by atoms with Crippen LogP contribution in [0, 0.1) is 6.92 Å². The molecule has 9 heteroatoms. The van der Waals surface area contributed by atoms with Gasteiger partial charge in [-0.15, -0.1) is 0 Å². The van der Waals surface area contributed by atoms with Gasteiger partial charge in [-0.2, -0.15) is 0 Å². The second-order valence-electron chi connectivity index (χ2n) is 5.50. The van der Waals surface area contributed by atoms with Crippen molar-refractivity contribution in [2.45, 2.75) is 12.1 Å². The van der Waals surface area contributed by atoms with E-state index in [1.54, 1.807) is 12.1 Å². The van der Waals surface area contributed by atoms with Crippen LogP contribution in [0.3, 0.4) is 0 Å². The fourth-order valence-corrected chi connectivity index (χ4v) is 3.61. The summed E-state index contributed by atoms with van der Waals surface area (Å²) in [7, 11) is -3.91. The van der Waals surface area contributed by atoms with Crippen LogP contribution >= 0.6 is 23.2 Å². The van der Waals surface area contributed by atoms with E-state index in [2.05, 4.69) is 15.3 Å². The van der Waals surface area contributed by atoms with E-state index < -0.39 is 21.5 Å². The first kappa shape index (κ1) is 17.7. The van der Waals surface area contributed by atoms with Crippen molar-refractivity contribution in [3.05, 3.63) is 52.0 Å². The van der Waals surface area contributed by atoms with Gasteiger partial charge in [0.2, 0.25) is 20.9 Å². The number of halogens is 2. The molecule has 0 unspecified atom stereocenters. The molecule has 25 heavy (non-hydrogen) atoms. The smallest absolute Gasteiger partial charge is 0.240 e. The zero-order chi connectivity index (χ0) is 18.2. The molecule has 0 atom stereocenters. The van der Waals surface area contributed by atoms with Gasteiger partial charge in [-0.25, -0.2) is 13.4 Å². The van der Waals surface area contributed by atoms with Crippen molar-refractivity contribution in [1.82, 2.24) is 9.97 Å². The van der Waals surface area contributed by atoms with Gasteiger partial charge in [0.25, 0.3) is 0 Å². The zero-order valence-electron chi connectivity index (χ0n) is 13.0.